The van der Waals surface area contributed by atoms with Gasteiger partial charge in [-0.2, -0.15) is 18.3 Å². The Balaban J connectivity index is 1.64. The van der Waals surface area contributed by atoms with Gasteiger partial charge in [0, 0.05) is 10.4 Å². The topological polar surface area (TPSA) is 56.1 Å². The van der Waals surface area contributed by atoms with Gasteiger partial charge in [-0.05, 0) is 67.1 Å². The Morgan fingerprint density at radius 1 is 1.09 bits per heavy atom. The van der Waals surface area contributed by atoms with E-state index in [0.29, 0.717) is 27.4 Å². The zero-order valence-electron chi connectivity index (χ0n) is 17.7. The van der Waals surface area contributed by atoms with Crippen molar-refractivity contribution in [3.05, 3.63) is 89.3 Å². The molecule has 1 N–H and O–H groups in total. The third kappa shape index (κ3) is 5.14. The molecule has 2 unspecified atom stereocenters. The number of hydrogen-bond acceptors (Lipinski definition) is 3. The highest BCUT2D eigenvalue weighted by Crippen LogP contribution is 2.30. The minimum absolute atomic E-state index is 0.351. The second kappa shape index (κ2) is 9.34. The molecule has 0 spiro atoms. The van der Waals surface area contributed by atoms with E-state index in [0.717, 1.165) is 5.52 Å². The number of halogens is 5. The van der Waals surface area contributed by atoms with Gasteiger partial charge in [0.25, 0.3) is 0 Å². The van der Waals surface area contributed by atoms with Crippen molar-refractivity contribution in [2.24, 2.45) is 0 Å². The van der Waals surface area contributed by atoms with Crippen molar-refractivity contribution >= 4 is 28.4 Å². The van der Waals surface area contributed by atoms with E-state index in [-0.39, 0.29) is 5.82 Å². The van der Waals surface area contributed by atoms with E-state index < -0.39 is 24.2 Å². The van der Waals surface area contributed by atoms with E-state index >= 15 is 0 Å². The Morgan fingerprint density at radius 2 is 1.82 bits per heavy atom. The molecule has 4 rings (SSSR count). The predicted octanol–water partition coefficient (Wildman–Crippen LogP) is 6.01. The zero-order chi connectivity index (χ0) is 24.5. The zero-order valence-corrected chi connectivity index (χ0v) is 18.4. The molecule has 3 aromatic carbocycles. The molecule has 5 nitrogen and oxygen atoms in total. The monoisotopic (exact) mass is 491 g/mol. The fraction of sp³-hybridized carbons (Fsp3) is 0.167. The van der Waals surface area contributed by atoms with Crippen LogP contribution >= 0.6 is 11.6 Å². The molecule has 176 valence electrons. The minimum Gasteiger partial charge on any atom is -0.484 e. The third-order valence-electron chi connectivity index (χ3n) is 5.12. The van der Waals surface area contributed by atoms with E-state index in [1.807, 2.05) is 5.32 Å². The molecule has 1 heterocycles. The molecular weight excluding hydrogens is 474 g/mol. The summed E-state index contributed by atoms with van der Waals surface area (Å²) in [5.74, 6) is -2.08. The van der Waals surface area contributed by atoms with Crippen molar-refractivity contribution in [1.29, 1.82) is 0 Å². The maximum absolute atomic E-state index is 13.2. The summed E-state index contributed by atoms with van der Waals surface area (Å²) in [4.78, 5) is 11.5. The SMILES string of the molecule is CC(NC(=O)C(F)(F)F)C(Oc1ccc2c(cnn2-c2ccc(F)cc2)c1)c1cccc(Cl)c1. The molecule has 0 fully saturated rings. The first-order chi connectivity index (χ1) is 16.1. The molecule has 1 amide bonds. The number of aromatic nitrogens is 2. The van der Waals surface area contributed by atoms with E-state index in [1.54, 1.807) is 65.5 Å². The maximum Gasteiger partial charge on any atom is 0.471 e. The second-order valence-corrected chi connectivity index (χ2v) is 8.04. The van der Waals surface area contributed by atoms with Crippen LogP contribution in [0.4, 0.5) is 17.6 Å². The number of nitrogens with one attached hydrogen (secondary N) is 1. The van der Waals surface area contributed by atoms with Gasteiger partial charge in [0.2, 0.25) is 0 Å². The highest BCUT2D eigenvalue weighted by molar-refractivity contribution is 6.30. The lowest BCUT2D eigenvalue weighted by Crippen LogP contribution is -2.45. The van der Waals surface area contributed by atoms with Crippen LogP contribution < -0.4 is 10.1 Å². The van der Waals surface area contributed by atoms with Crippen LogP contribution in [0.15, 0.2) is 72.9 Å². The summed E-state index contributed by atoms with van der Waals surface area (Å²) in [5.41, 5.74) is 1.87. The molecule has 0 aliphatic heterocycles. The number of alkyl halides is 3. The molecular formula is C24H18ClF4N3O2. The predicted molar refractivity (Wildman–Crippen MR) is 120 cm³/mol. The number of hydrogen-bond donors (Lipinski definition) is 1. The molecule has 1 aromatic heterocycles. The summed E-state index contributed by atoms with van der Waals surface area (Å²) in [6.07, 6.45) is -4.40. The summed E-state index contributed by atoms with van der Waals surface area (Å²) in [5, 5.41) is 7.34. The van der Waals surface area contributed by atoms with Gasteiger partial charge in [-0.15, -0.1) is 0 Å². The Bertz CT molecular complexity index is 1320. The first-order valence-corrected chi connectivity index (χ1v) is 10.5. The largest absolute Gasteiger partial charge is 0.484 e. The third-order valence-corrected chi connectivity index (χ3v) is 5.36. The molecule has 0 saturated carbocycles. The number of nitrogens with zero attached hydrogens (tertiary/aromatic N) is 2. The maximum atomic E-state index is 13.2. The fourth-order valence-corrected chi connectivity index (χ4v) is 3.72. The number of fused-ring (bicyclic) bond motifs is 1. The van der Waals surface area contributed by atoms with E-state index in [2.05, 4.69) is 5.10 Å². The first kappa shape index (κ1) is 23.6. The average molecular weight is 492 g/mol. The van der Waals surface area contributed by atoms with Gasteiger partial charge in [-0.3, -0.25) is 4.79 Å². The highest BCUT2D eigenvalue weighted by Gasteiger charge is 2.40. The Morgan fingerprint density at radius 3 is 2.50 bits per heavy atom. The second-order valence-electron chi connectivity index (χ2n) is 7.61. The first-order valence-electron chi connectivity index (χ1n) is 10.2. The number of rotatable bonds is 6. The van der Waals surface area contributed by atoms with Gasteiger partial charge < -0.3 is 10.1 Å². The summed E-state index contributed by atoms with van der Waals surface area (Å²) < 4.78 is 59.3. The Labute approximate surface area is 196 Å². The number of carbonyl (C=O) groups is 1. The lowest BCUT2D eigenvalue weighted by Gasteiger charge is -2.27. The number of ether oxygens (including phenoxy) is 1. The van der Waals surface area contributed by atoms with E-state index in [1.165, 1.54) is 19.1 Å². The number of benzene rings is 3. The van der Waals surface area contributed by atoms with Gasteiger partial charge >= 0.3 is 12.1 Å². The number of amides is 1. The molecule has 4 aromatic rings. The Hall–Kier alpha value is -3.59. The van der Waals surface area contributed by atoms with Crippen LogP contribution in [0, 0.1) is 5.82 Å². The normalized spacial score (nSPS) is 13.5. The van der Waals surface area contributed by atoms with Crippen LogP contribution in [-0.2, 0) is 4.79 Å². The molecule has 0 aliphatic rings. The van der Waals surface area contributed by atoms with E-state index in [4.69, 9.17) is 16.3 Å². The quantitative estimate of drug-likeness (QED) is 0.336. The fourth-order valence-electron chi connectivity index (χ4n) is 3.53. The minimum atomic E-state index is -5.03. The van der Waals surface area contributed by atoms with Crippen molar-refractivity contribution in [3.63, 3.8) is 0 Å². The van der Waals surface area contributed by atoms with Crippen LogP contribution in [-0.4, -0.2) is 27.9 Å². The van der Waals surface area contributed by atoms with Crippen molar-refractivity contribution in [2.45, 2.75) is 25.2 Å². The van der Waals surface area contributed by atoms with Gasteiger partial charge in [-0.1, -0.05) is 23.7 Å². The van der Waals surface area contributed by atoms with Crippen LogP contribution in [0.25, 0.3) is 16.6 Å². The lowest BCUT2D eigenvalue weighted by molar-refractivity contribution is -0.174. The molecule has 0 bridgehead atoms. The van der Waals surface area contributed by atoms with Crippen LogP contribution in [0.5, 0.6) is 5.75 Å². The standard InChI is InChI=1S/C24H18ClF4N3O2/c1-14(31-23(33)24(27,28)29)22(15-3-2-4-17(25)11-15)34-20-9-10-21-16(12-20)13-30-32(21)19-7-5-18(26)6-8-19/h2-14,22H,1H3,(H,31,33). The lowest BCUT2D eigenvalue weighted by atomic mass is 10.0. The summed E-state index contributed by atoms with van der Waals surface area (Å²) in [6.45, 7) is 1.42. The van der Waals surface area contributed by atoms with Crippen molar-refractivity contribution in [2.75, 3.05) is 0 Å². The van der Waals surface area contributed by atoms with Gasteiger partial charge in [-0.25, -0.2) is 9.07 Å². The highest BCUT2D eigenvalue weighted by atomic mass is 35.5. The molecule has 10 heteroatoms. The van der Waals surface area contributed by atoms with Crippen molar-refractivity contribution < 1.29 is 27.1 Å². The molecule has 2 atom stereocenters. The van der Waals surface area contributed by atoms with Gasteiger partial charge in [0.15, 0.2) is 0 Å². The van der Waals surface area contributed by atoms with Crippen LogP contribution in [0.2, 0.25) is 5.02 Å². The smallest absolute Gasteiger partial charge is 0.471 e. The van der Waals surface area contributed by atoms with Crippen molar-refractivity contribution in [1.82, 2.24) is 15.1 Å². The van der Waals surface area contributed by atoms with Crippen LogP contribution in [0.1, 0.15) is 18.6 Å². The van der Waals surface area contributed by atoms with Crippen LogP contribution in [0.3, 0.4) is 0 Å². The summed E-state index contributed by atoms with van der Waals surface area (Å²) >= 11 is 6.07. The Kier molecular flexibility index (Phi) is 6.47. The molecule has 0 aliphatic carbocycles. The van der Waals surface area contributed by atoms with E-state index in [9.17, 15) is 22.4 Å². The van der Waals surface area contributed by atoms with Crippen molar-refractivity contribution in [3.8, 4) is 11.4 Å². The van der Waals surface area contributed by atoms with Gasteiger partial charge in [0.1, 0.15) is 17.7 Å². The average Bonchev–Trinajstić information content (AvgIpc) is 3.20. The molecule has 0 saturated heterocycles. The summed E-state index contributed by atoms with van der Waals surface area (Å²) in [6, 6.07) is 16.3. The molecule has 0 radical (unpaired) electrons. The van der Waals surface area contributed by atoms with Gasteiger partial charge in [0.05, 0.1) is 23.4 Å². The molecule has 34 heavy (non-hydrogen) atoms. The summed E-state index contributed by atoms with van der Waals surface area (Å²) in [7, 11) is 0. The number of carbonyl (C=O) groups excluding carboxylic acids is 1.